The van der Waals surface area contributed by atoms with E-state index in [-0.39, 0.29) is 0 Å². The lowest BCUT2D eigenvalue weighted by molar-refractivity contribution is 1.12. The van der Waals surface area contributed by atoms with Gasteiger partial charge in [-0.2, -0.15) is 0 Å². The zero-order chi connectivity index (χ0) is 13.0. The standard InChI is InChI=1S/C12H11Cl2N3S/c1-15-11-4-3-9(14)10(17-11)7-18-12-5-2-8(13)6-16-12/h2-6H,7H2,1H3,(H,15,17). The van der Waals surface area contributed by atoms with Gasteiger partial charge in [0.2, 0.25) is 0 Å². The number of rotatable bonds is 4. The van der Waals surface area contributed by atoms with E-state index in [1.807, 2.05) is 31.3 Å². The first-order valence-electron chi connectivity index (χ1n) is 5.26. The number of hydrogen-bond acceptors (Lipinski definition) is 4. The van der Waals surface area contributed by atoms with Crippen LogP contribution < -0.4 is 5.32 Å². The van der Waals surface area contributed by atoms with Gasteiger partial charge in [0, 0.05) is 19.0 Å². The number of halogens is 2. The number of nitrogens with one attached hydrogen (secondary N) is 1. The minimum absolute atomic E-state index is 0.632. The first-order chi connectivity index (χ1) is 8.69. The monoisotopic (exact) mass is 299 g/mol. The zero-order valence-corrected chi connectivity index (χ0v) is 12.0. The first kappa shape index (κ1) is 13.5. The molecule has 0 aliphatic carbocycles. The van der Waals surface area contributed by atoms with Gasteiger partial charge in [-0.05, 0) is 24.3 Å². The lowest BCUT2D eigenvalue weighted by Crippen LogP contribution is -1.96. The summed E-state index contributed by atoms with van der Waals surface area (Å²) >= 11 is 13.5. The molecule has 1 N–H and O–H groups in total. The predicted octanol–water partition coefficient (Wildman–Crippen LogP) is 4.12. The average Bonchev–Trinajstić information content (AvgIpc) is 2.40. The fourth-order valence-electron chi connectivity index (χ4n) is 1.31. The van der Waals surface area contributed by atoms with Crippen LogP contribution in [0.3, 0.4) is 0 Å². The second-order valence-corrected chi connectivity index (χ2v) is 5.32. The molecule has 2 aromatic rings. The Morgan fingerprint density at radius 2 is 2.06 bits per heavy atom. The summed E-state index contributed by atoms with van der Waals surface area (Å²) in [6.45, 7) is 0. The average molecular weight is 300 g/mol. The van der Waals surface area contributed by atoms with Crippen molar-refractivity contribution < 1.29 is 0 Å². The van der Waals surface area contributed by atoms with E-state index in [4.69, 9.17) is 23.2 Å². The minimum atomic E-state index is 0.632. The largest absolute Gasteiger partial charge is 0.373 e. The molecule has 0 saturated heterocycles. The van der Waals surface area contributed by atoms with Gasteiger partial charge in [-0.25, -0.2) is 9.97 Å². The van der Waals surface area contributed by atoms with Crippen molar-refractivity contribution in [2.45, 2.75) is 10.8 Å². The van der Waals surface area contributed by atoms with E-state index in [1.54, 1.807) is 18.0 Å². The van der Waals surface area contributed by atoms with E-state index in [0.29, 0.717) is 15.8 Å². The van der Waals surface area contributed by atoms with E-state index in [1.165, 1.54) is 0 Å². The summed E-state index contributed by atoms with van der Waals surface area (Å²) in [6.07, 6.45) is 1.63. The third-order valence-electron chi connectivity index (χ3n) is 2.23. The van der Waals surface area contributed by atoms with Crippen molar-refractivity contribution in [3.8, 4) is 0 Å². The van der Waals surface area contributed by atoms with Gasteiger partial charge >= 0.3 is 0 Å². The van der Waals surface area contributed by atoms with E-state index >= 15 is 0 Å². The van der Waals surface area contributed by atoms with Crippen LogP contribution in [-0.4, -0.2) is 17.0 Å². The highest BCUT2D eigenvalue weighted by molar-refractivity contribution is 7.98. The molecule has 18 heavy (non-hydrogen) atoms. The summed E-state index contributed by atoms with van der Waals surface area (Å²) in [5.74, 6) is 1.47. The molecule has 0 radical (unpaired) electrons. The van der Waals surface area contributed by atoms with Crippen LogP contribution in [0.4, 0.5) is 5.82 Å². The highest BCUT2D eigenvalue weighted by Crippen LogP contribution is 2.25. The van der Waals surface area contributed by atoms with Crippen LogP contribution in [-0.2, 0) is 5.75 Å². The number of nitrogens with zero attached hydrogens (tertiary/aromatic N) is 2. The summed E-state index contributed by atoms with van der Waals surface area (Å²) in [4.78, 5) is 8.62. The Morgan fingerprint density at radius 1 is 1.22 bits per heavy atom. The fraction of sp³-hybridized carbons (Fsp3) is 0.167. The number of hydrogen-bond donors (Lipinski definition) is 1. The van der Waals surface area contributed by atoms with Crippen molar-refractivity contribution in [3.05, 3.63) is 46.2 Å². The van der Waals surface area contributed by atoms with Crippen molar-refractivity contribution in [2.24, 2.45) is 0 Å². The van der Waals surface area contributed by atoms with Gasteiger partial charge in [0.25, 0.3) is 0 Å². The van der Waals surface area contributed by atoms with Gasteiger partial charge in [-0.15, -0.1) is 0 Å². The molecule has 3 nitrogen and oxygen atoms in total. The van der Waals surface area contributed by atoms with Crippen molar-refractivity contribution >= 4 is 40.8 Å². The maximum atomic E-state index is 6.10. The molecule has 6 heteroatoms. The topological polar surface area (TPSA) is 37.8 Å². The Balaban J connectivity index is 2.07. The zero-order valence-electron chi connectivity index (χ0n) is 9.65. The van der Waals surface area contributed by atoms with Gasteiger partial charge < -0.3 is 5.32 Å². The molecule has 0 atom stereocenters. The van der Waals surface area contributed by atoms with Gasteiger partial charge in [0.1, 0.15) is 5.82 Å². The van der Waals surface area contributed by atoms with Crippen LogP contribution >= 0.6 is 35.0 Å². The second-order valence-electron chi connectivity index (χ2n) is 3.48. The summed E-state index contributed by atoms with van der Waals surface area (Å²) in [7, 11) is 1.83. The molecule has 0 aromatic carbocycles. The predicted molar refractivity (Wildman–Crippen MR) is 77.6 cm³/mol. The Bertz CT molecular complexity index is 531. The number of aromatic nitrogens is 2. The molecule has 94 valence electrons. The maximum absolute atomic E-state index is 6.10. The Labute approximate surface area is 120 Å². The Kier molecular flexibility index (Phi) is 4.69. The summed E-state index contributed by atoms with van der Waals surface area (Å²) < 4.78 is 0. The molecule has 0 spiro atoms. The molecule has 2 heterocycles. The van der Waals surface area contributed by atoms with Crippen molar-refractivity contribution in [3.63, 3.8) is 0 Å². The summed E-state index contributed by atoms with van der Waals surface area (Å²) in [5, 5.41) is 5.18. The van der Waals surface area contributed by atoms with Gasteiger partial charge in [0.05, 0.1) is 20.8 Å². The smallest absolute Gasteiger partial charge is 0.126 e. The second kappa shape index (κ2) is 6.27. The first-order valence-corrected chi connectivity index (χ1v) is 7.00. The lowest BCUT2D eigenvalue weighted by atomic mass is 10.3. The third kappa shape index (κ3) is 3.51. The SMILES string of the molecule is CNc1ccc(Cl)c(CSc2ccc(Cl)cn2)n1. The van der Waals surface area contributed by atoms with Crippen molar-refractivity contribution in [2.75, 3.05) is 12.4 Å². The molecule has 0 aliphatic heterocycles. The molecule has 2 rings (SSSR count). The summed E-state index contributed by atoms with van der Waals surface area (Å²) in [6, 6.07) is 7.38. The molecular weight excluding hydrogens is 289 g/mol. The summed E-state index contributed by atoms with van der Waals surface area (Å²) in [5.41, 5.74) is 0.838. The van der Waals surface area contributed by atoms with Crippen LogP contribution in [0.1, 0.15) is 5.69 Å². The van der Waals surface area contributed by atoms with Crippen LogP contribution in [0.5, 0.6) is 0 Å². The van der Waals surface area contributed by atoms with Crippen molar-refractivity contribution in [1.29, 1.82) is 0 Å². The van der Waals surface area contributed by atoms with Crippen LogP contribution in [0.25, 0.3) is 0 Å². The maximum Gasteiger partial charge on any atom is 0.126 e. The molecule has 0 bridgehead atoms. The molecule has 0 unspecified atom stereocenters. The Hall–Kier alpha value is -0.970. The van der Waals surface area contributed by atoms with E-state index in [2.05, 4.69) is 15.3 Å². The normalized spacial score (nSPS) is 10.4. The molecular formula is C12H11Cl2N3S. The minimum Gasteiger partial charge on any atom is -0.373 e. The van der Waals surface area contributed by atoms with Crippen LogP contribution in [0, 0.1) is 0 Å². The van der Waals surface area contributed by atoms with E-state index < -0.39 is 0 Å². The van der Waals surface area contributed by atoms with E-state index in [9.17, 15) is 0 Å². The molecule has 2 aromatic heterocycles. The Morgan fingerprint density at radius 3 is 2.72 bits per heavy atom. The van der Waals surface area contributed by atoms with Crippen molar-refractivity contribution in [1.82, 2.24) is 9.97 Å². The van der Waals surface area contributed by atoms with Gasteiger partial charge in [-0.3, -0.25) is 0 Å². The van der Waals surface area contributed by atoms with Gasteiger partial charge in [0.15, 0.2) is 0 Å². The number of thioether (sulfide) groups is 1. The molecule has 0 fully saturated rings. The van der Waals surface area contributed by atoms with Gasteiger partial charge in [-0.1, -0.05) is 35.0 Å². The van der Waals surface area contributed by atoms with Crippen LogP contribution in [0.2, 0.25) is 10.0 Å². The molecule has 0 amide bonds. The highest BCUT2D eigenvalue weighted by Gasteiger charge is 2.05. The lowest BCUT2D eigenvalue weighted by Gasteiger charge is -2.06. The fourth-order valence-corrected chi connectivity index (χ4v) is 2.47. The number of pyridine rings is 2. The molecule has 0 aliphatic rings. The van der Waals surface area contributed by atoms with Crippen LogP contribution in [0.15, 0.2) is 35.5 Å². The third-order valence-corrected chi connectivity index (χ3v) is 3.75. The number of anilines is 1. The molecule has 0 saturated carbocycles. The quantitative estimate of drug-likeness (QED) is 0.862. The highest BCUT2D eigenvalue weighted by atomic mass is 35.5. The van der Waals surface area contributed by atoms with E-state index in [0.717, 1.165) is 16.5 Å².